The van der Waals surface area contributed by atoms with Crippen molar-refractivity contribution >= 4 is 17.5 Å². The largest absolute Gasteiger partial charge is 0.337 e. The van der Waals surface area contributed by atoms with E-state index in [4.69, 9.17) is 0 Å². The highest BCUT2D eigenvalue weighted by molar-refractivity contribution is 6.00. The Kier molecular flexibility index (Phi) is 3.29. The van der Waals surface area contributed by atoms with Crippen molar-refractivity contribution in [3.8, 4) is 0 Å². The van der Waals surface area contributed by atoms with Crippen molar-refractivity contribution in [2.24, 2.45) is 11.8 Å². The Morgan fingerprint density at radius 2 is 1.87 bits per heavy atom. The first-order chi connectivity index (χ1) is 11.2. The van der Waals surface area contributed by atoms with Gasteiger partial charge in [-0.05, 0) is 18.2 Å². The quantitative estimate of drug-likeness (QED) is 0.836. The van der Waals surface area contributed by atoms with Crippen molar-refractivity contribution in [2.45, 2.75) is 0 Å². The van der Waals surface area contributed by atoms with Crippen LogP contribution in [0.1, 0.15) is 10.4 Å². The van der Waals surface area contributed by atoms with Crippen LogP contribution < -0.4 is 4.90 Å². The molecule has 2 atom stereocenters. The van der Waals surface area contributed by atoms with Gasteiger partial charge in [0.25, 0.3) is 5.91 Å². The smallest absolute Gasteiger partial charge is 0.255 e. The maximum absolute atomic E-state index is 12.7. The molecule has 116 valence electrons. The van der Waals surface area contributed by atoms with Crippen molar-refractivity contribution in [2.75, 3.05) is 24.5 Å². The Balaban J connectivity index is 1.49. The van der Waals surface area contributed by atoms with Gasteiger partial charge in [0.05, 0.1) is 23.9 Å². The van der Waals surface area contributed by atoms with Gasteiger partial charge in [0.2, 0.25) is 5.91 Å². The molecule has 6 nitrogen and oxygen atoms in total. The number of carbonyl (C=O) groups excluding carboxylic acids is 2. The third-order valence-corrected chi connectivity index (χ3v) is 4.63. The summed E-state index contributed by atoms with van der Waals surface area (Å²) in [4.78, 5) is 28.7. The number of benzene rings is 1. The molecule has 0 unspecified atom stereocenters. The lowest BCUT2D eigenvalue weighted by Crippen LogP contribution is -2.35. The topological polar surface area (TPSA) is 66.4 Å². The number of carbonyl (C=O) groups is 2. The highest BCUT2D eigenvalue weighted by Gasteiger charge is 2.47. The molecule has 0 radical (unpaired) electrons. The Hall–Kier alpha value is -2.76. The fourth-order valence-electron chi connectivity index (χ4n) is 3.47. The van der Waals surface area contributed by atoms with Crippen molar-refractivity contribution < 1.29 is 9.59 Å². The summed E-state index contributed by atoms with van der Waals surface area (Å²) in [6.45, 7) is 1.76. The molecule has 2 fully saturated rings. The minimum Gasteiger partial charge on any atom is -0.337 e. The molecule has 1 aromatic heterocycles. The van der Waals surface area contributed by atoms with Crippen molar-refractivity contribution in [3.63, 3.8) is 0 Å². The molecular weight excluding hydrogens is 292 g/mol. The molecule has 2 aliphatic rings. The number of para-hydroxylation sites is 1. The number of nitrogens with zero attached hydrogens (tertiary/aromatic N) is 4. The summed E-state index contributed by atoms with van der Waals surface area (Å²) in [5.74, 6) is 0.133. The average Bonchev–Trinajstić information content (AvgIpc) is 3.16. The molecule has 23 heavy (non-hydrogen) atoms. The van der Waals surface area contributed by atoms with E-state index in [-0.39, 0.29) is 23.7 Å². The Morgan fingerprint density at radius 1 is 1.04 bits per heavy atom. The van der Waals surface area contributed by atoms with E-state index >= 15 is 0 Å². The molecule has 0 saturated carbocycles. The first-order valence-corrected chi connectivity index (χ1v) is 7.66. The van der Waals surface area contributed by atoms with E-state index in [0.29, 0.717) is 25.2 Å². The summed E-state index contributed by atoms with van der Waals surface area (Å²) >= 11 is 0. The van der Waals surface area contributed by atoms with Crippen LogP contribution in [0.15, 0.2) is 48.8 Å². The van der Waals surface area contributed by atoms with E-state index in [9.17, 15) is 9.59 Å². The van der Waals surface area contributed by atoms with Crippen molar-refractivity contribution in [1.82, 2.24) is 15.1 Å². The van der Waals surface area contributed by atoms with Crippen LogP contribution in [0.25, 0.3) is 0 Å². The fourth-order valence-corrected chi connectivity index (χ4v) is 3.47. The van der Waals surface area contributed by atoms with Crippen LogP contribution in [0.5, 0.6) is 0 Å². The molecule has 4 rings (SSSR count). The molecule has 2 saturated heterocycles. The van der Waals surface area contributed by atoms with E-state index in [1.807, 2.05) is 35.2 Å². The molecular formula is C17H16N4O2. The zero-order valence-electron chi connectivity index (χ0n) is 12.5. The predicted molar refractivity (Wildman–Crippen MR) is 83.7 cm³/mol. The molecule has 1 aromatic carbocycles. The Morgan fingerprint density at radius 3 is 2.57 bits per heavy atom. The van der Waals surface area contributed by atoms with E-state index in [0.717, 1.165) is 5.69 Å². The van der Waals surface area contributed by atoms with Gasteiger partial charge >= 0.3 is 0 Å². The van der Waals surface area contributed by atoms with Gasteiger partial charge in [-0.2, -0.15) is 10.2 Å². The van der Waals surface area contributed by atoms with Crippen LogP contribution in [0.4, 0.5) is 5.69 Å². The Labute approximate surface area is 133 Å². The van der Waals surface area contributed by atoms with E-state index in [1.165, 1.54) is 12.4 Å². The second-order valence-electron chi connectivity index (χ2n) is 5.99. The summed E-state index contributed by atoms with van der Waals surface area (Å²) in [5, 5.41) is 7.43. The normalized spacial score (nSPS) is 23.2. The summed E-state index contributed by atoms with van der Waals surface area (Å²) in [6.07, 6.45) is 2.97. The SMILES string of the molecule is O=C(c1ccnnc1)N1C[C@H]2CN(c3ccccc3)C(=O)[C@H]2C1. The molecule has 0 aliphatic carbocycles. The summed E-state index contributed by atoms with van der Waals surface area (Å²) in [5.41, 5.74) is 1.45. The minimum atomic E-state index is -0.103. The lowest BCUT2D eigenvalue weighted by molar-refractivity contribution is -0.120. The lowest BCUT2D eigenvalue weighted by atomic mass is 10.0. The van der Waals surface area contributed by atoms with E-state index in [2.05, 4.69) is 10.2 Å². The molecule has 0 spiro atoms. The van der Waals surface area contributed by atoms with Gasteiger partial charge in [-0.25, -0.2) is 0 Å². The second-order valence-corrected chi connectivity index (χ2v) is 5.99. The monoisotopic (exact) mass is 308 g/mol. The zero-order valence-corrected chi connectivity index (χ0v) is 12.5. The van der Waals surface area contributed by atoms with Gasteiger partial charge in [0.15, 0.2) is 0 Å². The molecule has 2 aliphatic heterocycles. The number of likely N-dealkylation sites (tertiary alicyclic amines) is 1. The van der Waals surface area contributed by atoms with Crippen LogP contribution >= 0.6 is 0 Å². The highest BCUT2D eigenvalue weighted by Crippen LogP contribution is 2.35. The van der Waals surface area contributed by atoms with Crippen LogP contribution in [-0.4, -0.2) is 46.5 Å². The van der Waals surface area contributed by atoms with Gasteiger partial charge < -0.3 is 9.80 Å². The van der Waals surface area contributed by atoms with Gasteiger partial charge in [0, 0.05) is 31.2 Å². The Bertz CT molecular complexity index is 735. The average molecular weight is 308 g/mol. The van der Waals surface area contributed by atoms with E-state index in [1.54, 1.807) is 11.0 Å². The van der Waals surface area contributed by atoms with E-state index < -0.39 is 0 Å². The standard InChI is InChI=1S/C17H16N4O2/c22-16(12-6-7-18-19-8-12)20-9-13-10-21(17(23)15(13)11-20)14-4-2-1-3-5-14/h1-8,13,15H,9-11H2/t13-,15-/m0/s1. The lowest BCUT2D eigenvalue weighted by Gasteiger charge is -2.21. The van der Waals surface area contributed by atoms with Crippen LogP contribution in [-0.2, 0) is 4.79 Å². The van der Waals surface area contributed by atoms with Gasteiger partial charge in [0.1, 0.15) is 0 Å². The first kappa shape index (κ1) is 13.9. The molecule has 0 N–H and O–H groups in total. The first-order valence-electron chi connectivity index (χ1n) is 7.66. The molecule has 0 bridgehead atoms. The minimum absolute atomic E-state index is 0.0756. The predicted octanol–water partition coefficient (Wildman–Crippen LogP) is 1.21. The third-order valence-electron chi connectivity index (χ3n) is 4.63. The third kappa shape index (κ3) is 2.36. The van der Waals surface area contributed by atoms with Crippen molar-refractivity contribution in [1.29, 1.82) is 0 Å². The number of anilines is 1. The number of amides is 2. The molecule has 2 amide bonds. The van der Waals surface area contributed by atoms with Gasteiger partial charge in [-0.3, -0.25) is 9.59 Å². The van der Waals surface area contributed by atoms with Crippen LogP contribution in [0, 0.1) is 11.8 Å². The number of rotatable bonds is 2. The number of fused-ring (bicyclic) bond motifs is 1. The molecule has 3 heterocycles. The van der Waals surface area contributed by atoms with Crippen molar-refractivity contribution in [3.05, 3.63) is 54.4 Å². The maximum Gasteiger partial charge on any atom is 0.255 e. The fraction of sp³-hybridized carbons (Fsp3) is 0.294. The second kappa shape index (κ2) is 5.46. The van der Waals surface area contributed by atoms with Gasteiger partial charge in [-0.1, -0.05) is 18.2 Å². The number of hydrogen-bond donors (Lipinski definition) is 0. The van der Waals surface area contributed by atoms with Crippen LogP contribution in [0.2, 0.25) is 0 Å². The van der Waals surface area contributed by atoms with Crippen LogP contribution in [0.3, 0.4) is 0 Å². The molecule has 6 heteroatoms. The maximum atomic E-state index is 12.7. The summed E-state index contributed by atoms with van der Waals surface area (Å²) in [7, 11) is 0. The summed E-state index contributed by atoms with van der Waals surface area (Å²) < 4.78 is 0. The number of hydrogen-bond acceptors (Lipinski definition) is 4. The van der Waals surface area contributed by atoms with Gasteiger partial charge in [-0.15, -0.1) is 0 Å². The number of aromatic nitrogens is 2. The highest BCUT2D eigenvalue weighted by atomic mass is 16.2. The summed E-state index contributed by atoms with van der Waals surface area (Å²) in [6, 6.07) is 11.4. The molecule has 2 aromatic rings. The zero-order chi connectivity index (χ0) is 15.8.